The number of hydrogen-bond donors (Lipinski definition) is 1. The number of fused-ring (bicyclic) bond motifs is 2. The lowest BCUT2D eigenvalue weighted by atomic mass is 9.74. The van der Waals surface area contributed by atoms with Crippen LogP contribution in [0.3, 0.4) is 0 Å². The number of carbonyl (C=O) groups excluding carboxylic acids is 3. The topological polar surface area (TPSA) is 90.4 Å². The molecule has 1 unspecified atom stereocenters. The third-order valence-corrected chi connectivity index (χ3v) is 8.82. The Kier molecular flexibility index (Phi) is 7.71. The van der Waals surface area contributed by atoms with Crippen LogP contribution < -0.4 is 0 Å². The molecule has 8 nitrogen and oxygen atoms in total. The minimum Gasteiger partial charge on any atom is -0.396 e. The minimum atomic E-state index is -1.21. The van der Waals surface area contributed by atoms with Gasteiger partial charge in [0.2, 0.25) is 17.7 Å². The molecule has 1 aromatic rings. The molecule has 1 spiro atoms. The van der Waals surface area contributed by atoms with E-state index in [-0.39, 0.29) is 30.4 Å². The third kappa shape index (κ3) is 4.72. The number of hydrogen-bond acceptors (Lipinski definition) is 5. The number of aliphatic hydroxyl groups is 1. The number of unbranched alkanes of at least 4 members (excludes halogenated alkanes) is 3. The highest BCUT2D eigenvalue weighted by Crippen LogP contribution is 2.57. The summed E-state index contributed by atoms with van der Waals surface area (Å²) in [6.45, 7) is 7.73. The number of amides is 3. The van der Waals surface area contributed by atoms with Gasteiger partial charge in [-0.2, -0.15) is 0 Å². The van der Waals surface area contributed by atoms with Crippen LogP contribution in [0.25, 0.3) is 0 Å². The summed E-state index contributed by atoms with van der Waals surface area (Å²) in [7, 11) is 0. The first-order chi connectivity index (χ1) is 18.7. The standard InChI is InChI=1S/C31H41N3O5/c1-22(2)33-19-12-16-31-25(28(37)34(26(31)29(33)38)18-9-4-5-10-20-35)24-27(36)32(17-11-15-30(24,3)39-31)21-23-13-7-6-8-14-23/h6-8,11-16,22,24-26,35H,4-5,9-10,17-21H2,1-3H3/t24-,25+,26?,30+,31+/m1/s1. The highest BCUT2D eigenvalue weighted by Gasteiger charge is 2.74. The quantitative estimate of drug-likeness (QED) is 0.388. The first-order valence-corrected chi connectivity index (χ1v) is 14.3. The van der Waals surface area contributed by atoms with E-state index < -0.39 is 29.1 Å². The fourth-order valence-corrected chi connectivity index (χ4v) is 6.99. The van der Waals surface area contributed by atoms with Crippen LogP contribution in [0.15, 0.2) is 54.6 Å². The zero-order valence-corrected chi connectivity index (χ0v) is 23.3. The molecule has 3 amide bonds. The maximum absolute atomic E-state index is 14.3. The lowest BCUT2D eigenvalue weighted by Gasteiger charge is -2.38. The second-order valence-electron chi connectivity index (χ2n) is 11.8. The van der Waals surface area contributed by atoms with Crippen LogP contribution in [0, 0.1) is 11.8 Å². The Labute approximate surface area is 231 Å². The molecule has 2 saturated heterocycles. The molecule has 0 aromatic heterocycles. The number of rotatable bonds is 9. The highest BCUT2D eigenvalue weighted by molar-refractivity contribution is 6.00. The molecule has 1 N–H and O–H groups in total. The smallest absolute Gasteiger partial charge is 0.249 e. The van der Waals surface area contributed by atoms with Gasteiger partial charge in [-0.1, -0.05) is 67.5 Å². The number of aliphatic hydroxyl groups excluding tert-OH is 1. The molecule has 5 atom stereocenters. The van der Waals surface area contributed by atoms with E-state index in [0.29, 0.717) is 32.6 Å². The molecule has 0 bridgehead atoms. The van der Waals surface area contributed by atoms with Crippen molar-refractivity contribution in [3.63, 3.8) is 0 Å². The van der Waals surface area contributed by atoms with Gasteiger partial charge in [-0.25, -0.2) is 0 Å². The van der Waals surface area contributed by atoms with Gasteiger partial charge in [-0.15, -0.1) is 0 Å². The van der Waals surface area contributed by atoms with Crippen LogP contribution in [0.1, 0.15) is 52.0 Å². The summed E-state index contributed by atoms with van der Waals surface area (Å²) in [5, 5.41) is 9.15. The molecule has 0 aliphatic carbocycles. The fourth-order valence-electron chi connectivity index (χ4n) is 6.99. The third-order valence-electron chi connectivity index (χ3n) is 8.82. The Hall–Kier alpha value is -2.97. The van der Waals surface area contributed by atoms with E-state index in [0.717, 1.165) is 24.8 Å². The molecule has 4 aliphatic heterocycles. The predicted octanol–water partition coefficient (Wildman–Crippen LogP) is 2.92. The number of carbonyl (C=O) groups is 3. The molecule has 1 aromatic carbocycles. The number of likely N-dealkylation sites (tertiary alicyclic amines) is 1. The van der Waals surface area contributed by atoms with Crippen molar-refractivity contribution in [3.05, 3.63) is 60.2 Å². The Bertz CT molecular complexity index is 1150. The monoisotopic (exact) mass is 535 g/mol. The fraction of sp³-hybridized carbons (Fsp3) is 0.581. The van der Waals surface area contributed by atoms with Gasteiger partial charge in [-0.3, -0.25) is 14.4 Å². The van der Waals surface area contributed by atoms with E-state index in [9.17, 15) is 14.4 Å². The minimum absolute atomic E-state index is 0.0387. The van der Waals surface area contributed by atoms with Gasteiger partial charge in [0.1, 0.15) is 11.6 Å². The zero-order valence-electron chi connectivity index (χ0n) is 23.3. The average molecular weight is 536 g/mol. The van der Waals surface area contributed by atoms with Crippen LogP contribution in [-0.4, -0.2) is 87.1 Å². The second-order valence-corrected chi connectivity index (χ2v) is 11.8. The van der Waals surface area contributed by atoms with Crippen LogP contribution >= 0.6 is 0 Å². The summed E-state index contributed by atoms with van der Waals surface area (Å²) < 4.78 is 6.88. The van der Waals surface area contributed by atoms with Crippen LogP contribution in [-0.2, 0) is 25.7 Å². The lowest BCUT2D eigenvalue weighted by Crippen LogP contribution is -2.57. The van der Waals surface area contributed by atoms with Crippen LogP contribution in [0.2, 0.25) is 0 Å². The van der Waals surface area contributed by atoms with Gasteiger partial charge < -0.3 is 24.5 Å². The van der Waals surface area contributed by atoms with E-state index in [4.69, 9.17) is 9.84 Å². The maximum Gasteiger partial charge on any atom is 0.249 e. The van der Waals surface area contributed by atoms with Gasteiger partial charge in [-0.05, 0) is 39.2 Å². The summed E-state index contributed by atoms with van der Waals surface area (Å²) in [5.41, 5.74) is -1.20. The zero-order chi connectivity index (χ0) is 27.8. The first kappa shape index (κ1) is 27.6. The van der Waals surface area contributed by atoms with E-state index in [1.807, 2.05) is 75.4 Å². The summed E-state index contributed by atoms with van der Waals surface area (Å²) in [6.07, 6.45) is 10.9. The van der Waals surface area contributed by atoms with Crippen LogP contribution in [0.4, 0.5) is 0 Å². The Morgan fingerprint density at radius 2 is 1.64 bits per heavy atom. The maximum atomic E-state index is 14.3. The molecule has 4 aliphatic rings. The van der Waals surface area contributed by atoms with Crippen LogP contribution in [0.5, 0.6) is 0 Å². The number of nitrogens with zero attached hydrogens (tertiary/aromatic N) is 3. The molecular weight excluding hydrogens is 494 g/mol. The molecule has 210 valence electrons. The number of benzene rings is 1. The van der Waals surface area contributed by atoms with Gasteiger partial charge in [0, 0.05) is 38.8 Å². The lowest BCUT2D eigenvalue weighted by molar-refractivity contribution is -0.153. The largest absolute Gasteiger partial charge is 0.396 e. The van der Waals surface area contributed by atoms with Crippen molar-refractivity contribution in [1.29, 1.82) is 0 Å². The van der Waals surface area contributed by atoms with Crippen molar-refractivity contribution in [3.8, 4) is 0 Å². The normalized spacial score (nSPS) is 32.0. The Morgan fingerprint density at radius 1 is 0.923 bits per heavy atom. The Balaban J connectivity index is 1.52. The highest BCUT2D eigenvalue weighted by atomic mass is 16.5. The molecule has 0 saturated carbocycles. The molecule has 5 rings (SSSR count). The van der Waals surface area contributed by atoms with E-state index in [1.165, 1.54) is 0 Å². The second kappa shape index (κ2) is 10.9. The van der Waals surface area contributed by atoms with Crippen molar-refractivity contribution < 1.29 is 24.2 Å². The molecule has 2 fully saturated rings. The summed E-state index contributed by atoms with van der Waals surface area (Å²) in [5.74, 6) is -1.94. The molecule has 8 heteroatoms. The van der Waals surface area contributed by atoms with Gasteiger partial charge in [0.25, 0.3) is 0 Å². The van der Waals surface area contributed by atoms with Crippen molar-refractivity contribution in [2.75, 3.05) is 26.2 Å². The van der Waals surface area contributed by atoms with Gasteiger partial charge in [0.15, 0.2) is 0 Å². The Morgan fingerprint density at radius 3 is 2.36 bits per heavy atom. The van der Waals surface area contributed by atoms with Crippen molar-refractivity contribution in [1.82, 2.24) is 14.7 Å². The molecule has 0 radical (unpaired) electrons. The van der Waals surface area contributed by atoms with Crippen molar-refractivity contribution in [2.45, 2.75) is 76.3 Å². The van der Waals surface area contributed by atoms with E-state index in [2.05, 4.69) is 0 Å². The summed E-state index contributed by atoms with van der Waals surface area (Å²) in [6, 6.07) is 9.00. The first-order valence-electron chi connectivity index (χ1n) is 14.3. The van der Waals surface area contributed by atoms with E-state index >= 15 is 0 Å². The van der Waals surface area contributed by atoms with Crippen molar-refractivity contribution in [2.24, 2.45) is 11.8 Å². The van der Waals surface area contributed by atoms with Gasteiger partial charge in [0.05, 0.1) is 17.4 Å². The number of ether oxygens (including phenoxy) is 1. The summed E-state index contributed by atoms with van der Waals surface area (Å²) in [4.78, 5) is 48.0. The summed E-state index contributed by atoms with van der Waals surface area (Å²) >= 11 is 0. The van der Waals surface area contributed by atoms with Crippen molar-refractivity contribution >= 4 is 17.7 Å². The molecular formula is C31H41N3O5. The van der Waals surface area contributed by atoms with Gasteiger partial charge >= 0.3 is 0 Å². The average Bonchev–Trinajstić information content (AvgIpc) is 3.17. The molecule has 39 heavy (non-hydrogen) atoms. The SMILES string of the molecule is CC(C)N1CC=C[C@]23O[C@@]4(C)C=CCN(Cc5ccccc5)C(=O)[C@H]4[C@H]2C(=O)N(CCCCCCO)C3C1=O. The predicted molar refractivity (Wildman–Crippen MR) is 147 cm³/mol. The molecule has 4 heterocycles. The van der Waals surface area contributed by atoms with E-state index in [1.54, 1.807) is 14.7 Å².